The molecular formula is C15H13F3N2O. The molecule has 0 radical (unpaired) electrons. The number of fused-ring (bicyclic) bond motifs is 1. The van der Waals surface area contributed by atoms with Crippen LogP contribution in [-0.4, -0.2) is 6.61 Å². The van der Waals surface area contributed by atoms with Gasteiger partial charge in [0.25, 0.3) is 0 Å². The van der Waals surface area contributed by atoms with Crippen LogP contribution in [0.5, 0.6) is 5.75 Å². The molecule has 0 spiro atoms. The average molecular weight is 294 g/mol. The molecule has 0 aromatic heterocycles. The summed E-state index contributed by atoms with van der Waals surface area (Å²) >= 11 is 0. The third-order valence-electron chi connectivity index (χ3n) is 3.55. The van der Waals surface area contributed by atoms with Gasteiger partial charge in [-0.25, -0.2) is 18.6 Å². The molecule has 0 aliphatic carbocycles. The smallest absolute Gasteiger partial charge is 0.134 e. The Labute approximate surface area is 119 Å². The summed E-state index contributed by atoms with van der Waals surface area (Å²) in [6, 6.07) is 5.57. The Morgan fingerprint density at radius 2 is 1.81 bits per heavy atom. The first kappa shape index (κ1) is 13.9. The molecule has 3 rings (SSSR count). The van der Waals surface area contributed by atoms with Crippen LogP contribution in [0, 0.1) is 17.5 Å². The van der Waals surface area contributed by atoms with Gasteiger partial charge >= 0.3 is 0 Å². The summed E-state index contributed by atoms with van der Waals surface area (Å²) in [7, 11) is 0. The van der Waals surface area contributed by atoms with E-state index in [4.69, 9.17) is 10.6 Å². The van der Waals surface area contributed by atoms with Gasteiger partial charge in [-0.15, -0.1) is 0 Å². The van der Waals surface area contributed by atoms with Crippen LogP contribution in [0.4, 0.5) is 13.2 Å². The van der Waals surface area contributed by atoms with Crippen LogP contribution in [0.15, 0.2) is 30.3 Å². The van der Waals surface area contributed by atoms with E-state index in [9.17, 15) is 13.2 Å². The van der Waals surface area contributed by atoms with Crippen LogP contribution in [-0.2, 0) is 6.42 Å². The lowest BCUT2D eigenvalue weighted by Gasteiger charge is -2.19. The molecule has 1 heterocycles. The first-order valence-corrected chi connectivity index (χ1v) is 6.46. The van der Waals surface area contributed by atoms with Crippen molar-refractivity contribution in [2.24, 2.45) is 5.84 Å². The van der Waals surface area contributed by atoms with Crippen molar-refractivity contribution in [1.29, 1.82) is 0 Å². The topological polar surface area (TPSA) is 47.3 Å². The Balaban J connectivity index is 2.07. The van der Waals surface area contributed by atoms with Crippen molar-refractivity contribution >= 4 is 0 Å². The van der Waals surface area contributed by atoms with E-state index in [1.54, 1.807) is 18.2 Å². The predicted octanol–water partition coefficient (Wildman–Crippen LogP) is 2.59. The normalized spacial score (nSPS) is 14.7. The lowest BCUT2D eigenvalue weighted by atomic mass is 9.96. The number of hydrazine groups is 1. The van der Waals surface area contributed by atoms with Crippen LogP contribution in [0.1, 0.15) is 22.7 Å². The van der Waals surface area contributed by atoms with E-state index in [2.05, 4.69) is 5.43 Å². The summed E-state index contributed by atoms with van der Waals surface area (Å²) < 4.78 is 46.2. The van der Waals surface area contributed by atoms with Crippen molar-refractivity contribution in [3.63, 3.8) is 0 Å². The Morgan fingerprint density at radius 3 is 2.48 bits per heavy atom. The molecule has 1 unspecified atom stereocenters. The molecular weight excluding hydrogens is 281 g/mol. The maximum Gasteiger partial charge on any atom is 0.134 e. The lowest BCUT2D eigenvalue weighted by Crippen LogP contribution is -2.30. The van der Waals surface area contributed by atoms with E-state index in [0.29, 0.717) is 24.3 Å². The minimum Gasteiger partial charge on any atom is -0.493 e. The first-order valence-electron chi connectivity index (χ1n) is 6.46. The third kappa shape index (κ3) is 2.48. The summed E-state index contributed by atoms with van der Waals surface area (Å²) in [6.45, 7) is 0.582. The minimum atomic E-state index is -0.979. The second kappa shape index (κ2) is 5.38. The maximum absolute atomic E-state index is 13.9. The molecule has 3 N–H and O–H groups in total. The van der Waals surface area contributed by atoms with Gasteiger partial charge in [-0.1, -0.05) is 12.1 Å². The fraction of sp³-hybridized carbons (Fsp3) is 0.200. The van der Waals surface area contributed by atoms with Gasteiger partial charge in [0.05, 0.1) is 12.6 Å². The molecule has 21 heavy (non-hydrogen) atoms. The highest BCUT2D eigenvalue weighted by molar-refractivity contribution is 5.43. The van der Waals surface area contributed by atoms with Gasteiger partial charge in [-0.2, -0.15) is 0 Å². The van der Waals surface area contributed by atoms with E-state index < -0.39 is 23.5 Å². The molecule has 6 heteroatoms. The lowest BCUT2D eigenvalue weighted by molar-refractivity contribution is 0.356. The van der Waals surface area contributed by atoms with E-state index in [1.165, 1.54) is 0 Å². The van der Waals surface area contributed by atoms with E-state index in [1.807, 2.05) is 0 Å². The van der Waals surface area contributed by atoms with Crippen molar-refractivity contribution in [1.82, 2.24) is 5.43 Å². The molecule has 0 saturated carbocycles. The van der Waals surface area contributed by atoms with Gasteiger partial charge in [-0.05, 0) is 17.2 Å². The van der Waals surface area contributed by atoms with Gasteiger partial charge in [0.1, 0.15) is 23.2 Å². The van der Waals surface area contributed by atoms with Crippen molar-refractivity contribution in [3.05, 3.63) is 64.5 Å². The van der Waals surface area contributed by atoms with E-state index >= 15 is 0 Å². The number of nitrogens with one attached hydrogen (secondary N) is 1. The summed E-state index contributed by atoms with van der Waals surface area (Å²) in [5, 5.41) is 0. The van der Waals surface area contributed by atoms with Crippen molar-refractivity contribution in [2.75, 3.05) is 6.61 Å². The first-order chi connectivity index (χ1) is 10.1. The zero-order valence-electron chi connectivity index (χ0n) is 11.0. The second-order valence-electron chi connectivity index (χ2n) is 4.85. The van der Waals surface area contributed by atoms with Crippen LogP contribution >= 0.6 is 0 Å². The molecule has 1 atom stereocenters. The monoisotopic (exact) mass is 294 g/mol. The fourth-order valence-electron chi connectivity index (χ4n) is 2.56. The number of halogens is 3. The van der Waals surface area contributed by atoms with E-state index in [0.717, 1.165) is 17.7 Å². The molecule has 3 nitrogen and oxygen atoms in total. The van der Waals surface area contributed by atoms with Crippen molar-refractivity contribution in [3.8, 4) is 5.75 Å². The number of nitrogens with two attached hydrogens (primary N) is 1. The van der Waals surface area contributed by atoms with Gasteiger partial charge in [0.2, 0.25) is 0 Å². The van der Waals surface area contributed by atoms with Crippen LogP contribution < -0.4 is 16.0 Å². The highest BCUT2D eigenvalue weighted by atomic mass is 19.1. The van der Waals surface area contributed by atoms with Crippen molar-refractivity contribution < 1.29 is 17.9 Å². The van der Waals surface area contributed by atoms with Gasteiger partial charge < -0.3 is 4.74 Å². The van der Waals surface area contributed by atoms with Crippen LogP contribution in [0.25, 0.3) is 0 Å². The highest BCUT2D eigenvalue weighted by Crippen LogP contribution is 2.32. The van der Waals surface area contributed by atoms with Crippen molar-refractivity contribution in [2.45, 2.75) is 12.5 Å². The summed E-state index contributed by atoms with van der Waals surface area (Å²) in [5.74, 6) is 3.28. The minimum absolute atomic E-state index is 0.308. The standard InChI is InChI=1S/C15H13F3N2O/c16-10-6-11(17)14(12(18)7-10)15(20-19)9-1-2-13-8(5-9)3-4-21-13/h1-2,5-7,15,20H,3-4,19H2. The number of rotatable bonds is 3. The SMILES string of the molecule is NNC(c1ccc2c(c1)CCO2)c1c(F)cc(F)cc1F. The molecule has 2 aromatic carbocycles. The zero-order valence-corrected chi connectivity index (χ0v) is 11.0. The Bertz CT molecular complexity index is 668. The summed E-state index contributed by atoms with van der Waals surface area (Å²) in [6.07, 6.45) is 0.731. The Kier molecular flexibility index (Phi) is 3.57. The molecule has 0 saturated heterocycles. The molecule has 1 aliphatic heterocycles. The molecule has 110 valence electrons. The van der Waals surface area contributed by atoms with Gasteiger partial charge in [-0.3, -0.25) is 5.84 Å². The van der Waals surface area contributed by atoms with Gasteiger partial charge in [0.15, 0.2) is 0 Å². The van der Waals surface area contributed by atoms with Crippen LogP contribution in [0.2, 0.25) is 0 Å². The van der Waals surface area contributed by atoms with Crippen LogP contribution in [0.3, 0.4) is 0 Å². The largest absolute Gasteiger partial charge is 0.493 e. The average Bonchev–Trinajstić information content (AvgIpc) is 2.89. The second-order valence-corrected chi connectivity index (χ2v) is 4.85. The van der Waals surface area contributed by atoms with E-state index in [-0.39, 0.29) is 5.56 Å². The number of hydrogen-bond donors (Lipinski definition) is 2. The summed E-state index contributed by atoms with van der Waals surface area (Å²) in [4.78, 5) is 0. The number of hydrogen-bond acceptors (Lipinski definition) is 3. The predicted molar refractivity (Wildman–Crippen MR) is 71.1 cm³/mol. The Morgan fingerprint density at radius 1 is 1.10 bits per heavy atom. The number of ether oxygens (including phenoxy) is 1. The third-order valence-corrected chi connectivity index (χ3v) is 3.55. The number of benzene rings is 2. The quantitative estimate of drug-likeness (QED) is 0.675. The maximum atomic E-state index is 13.9. The molecule has 0 bridgehead atoms. The Hall–Kier alpha value is -2.05. The molecule has 0 amide bonds. The van der Waals surface area contributed by atoms with Gasteiger partial charge in [0, 0.05) is 24.1 Å². The molecule has 2 aromatic rings. The molecule has 0 fully saturated rings. The molecule has 1 aliphatic rings. The summed E-state index contributed by atoms with van der Waals surface area (Å²) in [5.41, 5.74) is 3.62. The zero-order chi connectivity index (χ0) is 15.0. The fourth-order valence-corrected chi connectivity index (χ4v) is 2.56. The highest BCUT2D eigenvalue weighted by Gasteiger charge is 2.24.